The summed E-state index contributed by atoms with van der Waals surface area (Å²) in [7, 11) is 1.73. The van der Waals surface area contributed by atoms with E-state index < -0.39 is 0 Å². The van der Waals surface area contributed by atoms with E-state index in [1.54, 1.807) is 48.3 Å². The summed E-state index contributed by atoms with van der Waals surface area (Å²) in [4.78, 5) is 27.9. The van der Waals surface area contributed by atoms with Crippen molar-refractivity contribution in [2.45, 2.75) is 13.0 Å². The minimum absolute atomic E-state index is 0.219. The topological polar surface area (TPSA) is 64.4 Å². The van der Waals surface area contributed by atoms with Crippen LogP contribution in [0.2, 0.25) is 5.02 Å². The van der Waals surface area contributed by atoms with E-state index in [9.17, 15) is 9.59 Å². The van der Waals surface area contributed by atoms with Crippen LogP contribution in [-0.2, 0) is 6.54 Å². The standard InChI is InChI=1S/C26H24ClN3O3/c1-29(15-8-16-33-21-12-7-11-20(27)17-21)26(32)24-22-13-5-6-14-23(22)25(31)30(28-24)18-19-9-3-2-4-10-19/h2-7,9-14,17H,8,15-16,18H2,1H3. The van der Waals surface area contributed by atoms with Gasteiger partial charge in [-0.2, -0.15) is 5.10 Å². The van der Waals surface area contributed by atoms with E-state index in [-0.39, 0.29) is 17.2 Å². The Kier molecular flexibility index (Phi) is 7.05. The van der Waals surface area contributed by atoms with Crippen molar-refractivity contribution < 1.29 is 9.53 Å². The molecule has 0 aliphatic heterocycles. The van der Waals surface area contributed by atoms with Crippen molar-refractivity contribution in [2.75, 3.05) is 20.2 Å². The van der Waals surface area contributed by atoms with Crippen LogP contribution in [0.4, 0.5) is 0 Å². The summed E-state index contributed by atoms with van der Waals surface area (Å²) in [5, 5.41) is 6.11. The number of rotatable bonds is 8. The summed E-state index contributed by atoms with van der Waals surface area (Å²) >= 11 is 5.98. The SMILES string of the molecule is CN(CCCOc1cccc(Cl)c1)C(=O)c1nn(Cc2ccccc2)c(=O)c2ccccc12. The van der Waals surface area contributed by atoms with Gasteiger partial charge in [-0.05, 0) is 36.2 Å². The van der Waals surface area contributed by atoms with E-state index in [1.807, 2.05) is 42.5 Å². The van der Waals surface area contributed by atoms with Crippen LogP contribution in [-0.4, -0.2) is 40.8 Å². The number of benzene rings is 3. The molecule has 0 unspecified atom stereocenters. The van der Waals surface area contributed by atoms with E-state index >= 15 is 0 Å². The van der Waals surface area contributed by atoms with Crippen LogP contribution in [0.1, 0.15) is 22.5 Å². The molecular formula is C26H24ClN3O3. The fraction of sp³-hybridized carbons (Fsp3) is 0.192. The van der Waals surface area contributed by atoms with Gasteiger partial charge in [-0.25, -0.2) is 4.68 Å². The molecule has 3 aromatic carbocycles. The number of ether oxygens (including phenoxy) is 1. The summed E-state index contributed by atoms with van der Waals surface area (Å²) < 4.78 is 7.07. The minimum atomic E-state index is -0.240. The van der Waals surface area contributed by atoms with E-state index in [0.717, 1.165) is 5.56 Å². The van der Waals surface area contributed by atoms with Crippen molar-refractivity contribution in [3.8, 4) is 5.75 Å². The smallest absolute Gasteiger partial charge is 0.274 e. The van der Waals surface area contributed by atoms with Crippen LogP contribution in [0.15, 0.2) is 83.7 Å². The molecule has 0 saturated heterocycles. The quantitative estimate of drug-likeness (QED) is 0.358. The minimum Gasteiger partial charge on any atom is -0.493 e. The van der Waals surface area contributed by atoms with Crippen LogP contribution < -0.4 is 10.3 Å². The molecular weight excluding hydrogens is 438 g/mol. The fourth-order valence-corrected chi connectivity index (χ4v) is 3.77. The van der Waals surface area contributed by atoms with Gasteiger partial charge in [0.25, 0.3) is 11.5 Å². The van der Waals surface area contributed by atoms with Crippen LogP contribution in [0.3, 0.4) is 0 Å². The lowest BCUT2D eigenvalue weighted by molar-refractivity contribution is 0.0781. The molecule has 1 amide bonds. The second kappa shape index (κ2) is 10.3. The van der Waals surface area contributed by atoms with Gasteiger partial charge in [0.15, 0.2) is 5.69 Å². The Hall–Kier alpha value is -3.64. The van der Waals surface area contributed by atoms with Gasteiger partial charge in [0.1, 0.15) is 5.75 Å². The van der Waals surface area contributed by atoms with Crippen molar-refractivity contribution >= 4 is 28.3 Å². The van der Waals surface area contributed by atoms with E-state index in [4.69, 9.17) is 16.3 Å². The first-order valence-electron chi connectivity index (χ1n) is 10.7. The maximum absolute atomic E-state index is 13.3. The molecule has 0 atom stereocenters. The van der Waals surface area contributed by atoms with Crippen molar-refractivity contribution in [2.24, 2.45) is 0 Å². The molecule has 0 N–H and O–H groups in total. The molecule has 33 heavy (non-hydrogen) atoms. The molecule has 4 rings (SSSR count). The summed E-state index contributed by atoms with van der Waals surface area (Å²) in [6.45, 7) is 1.22. The molecule has 1 aromatic heterocycles. The molecule has 168 valence electrons. The zero-order valence-corrected chi connectivity index (χ0v) is 19.0. The lowest BCUT2D eigenvalue weighted by atomic mass is 10.1. The highest BCUT2D eigenvalue weighted by Gasteiger charge is 2.20. The average molecular weight is 462 g/mol. The van der Waals surface area contributed by atoms with Crippen LogP contribution in [0, 0.1) is 0 Å². The highest BCUT2D eigenvalue weighted by molar-refractivity contribution is 6.30. The van der Waals surface area contributed by atoms with Gasteiger partial charge in [-0.3, -0.25) is 9.59 Å². The van der Waals surface area contributed by atoms with Crippen LogP contribution in [0.25, 0.3) is 10.8 Å². The van der Waals surface area contributed by atoms with Gasteiger partial charge in [0.05, 0.1) is 18.5 Å². The third-order valence-corrected chi connectivity index (χ3v) is 5.53. The molecule has 0 aliphatic rings. The number of fused-ring (bicyclic) bond motifs is 1. The number of halogens is 1. The number of hydrogen-bond donors (Lipinski definition) is 0. The Labute approximate surface area is 197 Å². The predicted molar refractivity (Wildman–Crippen MR) is 130 cm³/mol. The Balaban J connectivity index is 1.51. The number of carbonyl (C=O) groups excluding carboxylic acids is 1. The maximum Gasteiger partial charge on any atom is 0.274 e. The first-order valence-corrected chi connectivity index (χ1v) is 11.1. The van der Waals surface area contributed by atoms with Crippen molar-refractivity contribution in [3.05, 3.63) is 105 Å². The second-order valence-electron chi connectivity index (χ2n) is 7.73. The van der Waals surface area contributed by atoms with Crippen molar-refractivity contribution in [1.29, 1.82) is 0 Å². The van der Waals surface area contributed by atoms with Crippen LogP contribution >= 0.6 is 11.6 Å². The third-order valence-electron chi connectivity index (χ3n) is 5.29. The molecule has 0 saturated carbocycles. The first-order chi connectivity index (χ1) is 16.0. The molecule has 0 aliphatic carbocycles. The molecule has 7 heteroatoms. The van der Waals surface area contributed by atoms with E-state index in [1.165, 1.54) is 4.68 Å². The highest BCUT2D eigenvalue weighted by atomic mass is 35.5. The third kappa shape index (κ3) is 5.41. The normalized spacial score (nSPS) is 10.8. The highest BCUT2D eigenvalue weighted by Crippen LogP contribution is 2.18. The maximum atomic E-state index is 13.3. The molecule has 4 aromatic rings. The van der Waals surface area contributed by atoms with Crippen molar-refractivity contribution in [1.82, 2.24) is 14.7 Å². The number of amides is 1. The second-order valence-corrected chi connectivity index (χ2v) is 8.17. The first kappa shape index (κ1) is 22.6. The summed E-state index contributed by atoms with van der Waals surface area (Å²) in [5.41, 5.74) is 0.982. The fourth-order valence-electron chi connectivity index (χ4n) is 3.59. The monoisotopic (exact) mass is 461 g/mol. The number of nitrogens with zero attached hydrogens (tertiary/aromatic N) is 3. The molecule has 6 nitrogen and oxygen atoms in total. The molecule has 0 fully saturated rings. The lowest BCUT2D eigenvalue weighted by Crippen LogP contribution is -2.33. The van der Waals surface area contributed by atoms with Gasteiger partial charge in [0, 0.05) is 24.0 Å². The zero-order valence-electron chi connectivity index (χ0n) is 18.3. The Bertz CT molecular complexity index is 1320. The predicted octanol–water partition coefficient (Wildman–Crippen LogP) is 4.64. The average Bonchev–Trinajstić information content (AvgIpc) is 2.84. The summed E-state index contributed by atoms with van der Waals surface area (Å²) in [6, 6.07) is 23.9. The van der Waals surface area contributed by atoms with Gasteiger partial charge in [-0.1, -0.05) is 66.2 Å². The lowest BCUT2D eigenvalue weighted by Gasteiger charge is -2.18. The van der Waals surface area contributed by atoms with E-state index in [0.29, 0.717) is 47.7 Å². The number of carbonyl (C=O) groups is 1. The van der Waals surface area contributed by atoms with Gasteiger partial charge in [0.2, 0.25) is 0 Å². The number of hydrogen-bond acceptors (Lipinski definition) is 4. The largest absolute Gasteiger partial charge is 0.493 e. The summed E-state index contributed by atoms with van der Waals surface area (Å²) in [6.07, 6.45) is 0.635. The van der Waals surface area contributed by atoms with Gasteiger partial charge < -0.3 is 9.64 Å². The molecule has 1 heterocycles. The van der Waals surface area contributed by atoms with Gasteiger partial charge in [-0.15, -0.1) is 0 Å². The Morgan fingerprint density at radius 1 is 1.00 bits per heavy atom. The zero-order chi connectivity index (χ0) is 23.2. The van der Waals surface area contributed by atoms with Crippen molar-refractivity contribution in [3.63, 3.8) is 0 Å². The van der Waals surface area contributed by atoms with Gasteiger partial charge >= 0.3 is 0 Å². The van der Waals surface area contributed by atoms with Crippen LogP contribution in [0.5, 0.6) is 5.75 Å². The molecule has 0 bridgehead atoms. The Morgan fingerprint density at radius 3 is 2.48 bits per heavy atom. The molecule has 0 spiro atoms. The summed E-state index contributed by atoms with van der Waals surface area (Å²) in [5.74, 6) is 0.452. The Morgan fingerprint density at radius 2 is 1.73 bits per heavy atom. The van der Waals surface area contributed by atoms with E-state index in [2.05, 4.69) is 5.10 Å². The number of aromatic nitrogens is 2. The molecule has 0 radical (unpaired) electrons.